The maximum absolute atomic E-state index is 12.2. The summed E-state index contributed by atoms with van der Waals surface area (Å²) in [4.78, 5) is 0. The molecule has 0 radical (unpaired) electrons. The molecule has 0 bridgehead atoms. The van der Waals surface area contributed by atoms with E-state index in [1.807, 2.05) is 60.7 Å². The zero-order valence-corrected chi connectivity index (χ0v) is 14.8. The molecule has 0 saturated carbocycles. The molecule has 5 heteroatoms. The summed E-state index contributed by atoms with van der Waals surface area (Å²) in [6.45, 7) is 0.293. The minimum absolute atomic E-state index is 0.0278. The van der Waals surface area contributed by atoms with Crippen LogP contribution < -0.4 is 4.72 Å². The van der Waals surface area contributed by atoms with E-state index in [1.165, 1.54) is 0 Å². The highest BCUT2D eigenvalue weighted by Crippen LogP contribution is 2.16. The fraction of sp³-hybridized carbons (Fsp3) is 0.111. The van der Waals surface area contributed by atoms with Crippen LogP contribution in [0.4, 0.5) is 0 Å². The van der Waals surface area contributed by atoms with E-state index in [4.69, 9.17) is 0 Å². The normalized spacial score (nSPS) is 11.7. The van der Waals surface area contributed by atoms with Crippen molar-refractivity contribution >= 4 is 36.7 Å². The number of nitrogens with one attached hydrogen (secondary N) is 1. The number of benzene rings is 3. The van der Waals surface area contributed by atoms with E-state index in [0.29, 0.717) is 6.54 Å². The van der Waals surface area contributed by atoms with Crippen molar-refractivity contribution in [3.05, 3.63) is 82.3 Å². The molecule has 3 nitrogen and oxygen atoms in total. The Kier molecular flexibility index (Phi) is 4.80. The van der Waals surface area contributed by atoms with Crippen LogP contribution in [0.2, 0.25) is 0 Å². The third-order valence-corrected chi connectivity index (χ3v) is 5.35. The molecule has 0 amide bonds. The fourth-order valence-corrected chi connectivity index (χ4v) is 3.99. The van der Waals surface area contributed by atoms with Crippen LogP contribution in [0.3, 0.4) is 0 Å². The lowest BCUT2D eigenvalue weighted by molar-refractivity contribution is 0.580. The zero-order chi connectivity index (χ0) is 16.3. The number of hydrogen-bond acceptors (Lipinski definition) is 2. The van der Waals surface area contributed by atoms with Gasteiger partial charge in [-0.15, -0.1) is 0 Å². The second-order valence-electron chi connectivity index (χ2n) is 5.39. The second-order valence-corrected chi connectivity index (χ2v) is 8.11. The molecule has 3 rings (SSSR count). The van der Waals surface area contributed by atoms with Gasteiger partial charge >= 0.3 is 0 Å². The van der Waals surface area contributed by atoms with Crippen molar-refractivity contribution in [3.63, 3.8) is 0 Å². The summed E-state index contributed by atoms with van der Waals surface area (Å²) in [5.74, 6) is -0.0278. The third kappa shape index (κ3) is 4.41. The van der Waals surface area contributed by atoms with Crippen LogP contribution in [0.5, 0.6) is 0 Å². The van der Waals surface area contributed by atoms with E-state index in [-0.39, 0.29) is 5.75 Å². The van der Waals surface area contributed by atoms with Crippen LogP contribution in [-0.4, -0.2) is 8.42 Å². The number of sulfonamides is 1. The number of hydrogen-bond donors (Lipinski definition) is 1. The average Bonchev–Trinajstić information content (AvgIpc) is 2.52. The molecule has 3 aromatic carbocycles. The molecule has 0 saturated heterocycles. The van der Waals surface area contributed by atoms with E-state index < -0.39 is 10.0 Å². The largest absolute Gasteiger partial charge is 0.216 e. The van der Waals surface area contributed by atoms with Gasteiger partial charge in [0.15, 0.2) is 0 Å². The molecular weight excluding hydrogens is 374 g/mol. The Morgan fingerprint density at radius 1 is 0.826 bits per heavy atom. The Hall–Kier alpha value is -1.69. The highest BCUT2D eigenvalue weighted by molar-refractivity contribution is 9.10. The standard InChI is InChI=1S/C18H16BrNO2S/c19-18-7-3-4-15(11-18)13-23(21,22)20-12-14-8-9-16-5-1-2-6-17(16)10-14/h1-11,20H,12-13H2. The van der Waals surface area contributed by atoms with E-state index in [1.54, 1.807) is 6.07 Å². The predicted octanol–water partition coefficient (Wildman–Crippen LogP) is 4.22. The number of rotatable bonds is 5. The van der Waals surface area contributed by atoms with Gasteiger partial charge in [-0.3, -0.25) is 0 Å². The van der Waals surface area contributed by atoms with Gasteiger partial charge in [0.25, 0.3) is 0 Å². The van der Waals surface area contributed by atoms with Crippen LogP contribution >= 0.6 is 15.9 Å². The average molecular weight is 390 g/mol. The summed E-state index contributed by atoms with van der Waals surface area (Å²) in [5.41, 5.74) is 1.70. The van der Waals surface area contributed by atoms with E-state index in [0.717, 1.165) is 26.4 Å². The summed E-state index contributed by atoms with van der Waals surface area (Å²) >= 11 is 3.35. The smallest absolute Gasteiger partial charge is 0.212 e. The van der Waals surface area contributed by atoms with Crippen LogP contribution in [0.15, 0.2) is 71.2 Å². The molecule has 0 fully saturated rings. The third-order valence-electron chi connectivity index (χ3n) is 3.56. The molecule has 118 valence electrons. The molecule has 0 aliphatic carbocycles. The monoisotopic (exact) mass is 389 g/mol. The summed E-state index contributed by atoms with van der Waals surface area (Å²) < 4.78 is 28.0. The van der Waals surface area contributed by atoms with Crippen LogP contribution in [-0.2, 0) is 22.3 Å². The van der Waals surface area contributed by atoms with Gasteiger partial charge in [-0.25, -0.2) is 13.1 Å². The number of fused-ring (bicyclic) bond motifs is 1. The molecule has 23 heavy (non-hydrogen) atoms. The first-order valence-corrected chi connectivity index (χ1v) is 9.66. The zero-order valence-electron chi connectivity index (χ0n) is 12.4. The first-order valence-electron chi connectivity index (χ1n) is 7.21. The van der Waals surface area contributed by atoms with Crippen LogP contribution in [0.25, 0.3) is 10.8 Å². The van der Waals surface area contributed by atoms with E-state index >= 15 is 0 Å². The van der Waals surface area contributed by atoms with Crippen molar-refractivity contribution in [3.8, 4) is 0 Å². The first-order chi connectivity index (χ1) is 11.0. The molecule has 0 aliphatic rings. The first kappa shape index (κ1) is 16.2. The minimum atomic E-state index is -3.37. The maximum atomic E-state index is 12.2. The van der Waals surface area contributed by atoms with Crippen molar-refractivity contribution in [2.75, 3.05) is 0 Å². The van der Waals surface area contributed by atoms with Crippen molar-refractivity contribution in [1.29, 1.82) is 0 Å². The lowest BCUT2D eigenvalue weighted by atomic mass is 10.1. The van der Waals surface area contributed by atoms with Crippen molar-refractivity contribution in [2.24, 2.45) is 0 Å². The molecule has 0 aliphatic heterocycles. The Morgan fingerprint density at radius 3 is 2.39 bits per heavy atom. The highest BCUT2D eigenvalue weighted by Gasteiger charge is 2.11. The van der Waals surface area contributed by atoms with Crippen molar-refractivity contribution in [1.82, 2.24) is 4.72 Å². The Balaban J connectivity index is 1.70. The maximum Gasteiger partial charge on any atom is 0.216 e. The Bertz CT molecular complexity index is 938. The van der Waals surface area contributed by atoms with Gasteiger partial charge < -0.3 is 0 Å². The lowest BCUT2D eigenvalue weighted by Crippen LogP contribution is -2.24. The van der Waals surface area contributed by atoms with Gasteiger partial charge in [-0.2, -0.15) is 0 Å². The lowest BCUT2D eigenvalue weighted by Gasteiger charge is -2.08. The molecule has 1 N–H and O–H groups in total. The van der Waals surface area contributed by atoms with E-state index in [9.17, 15) is 8.42 Å². The Morgan fingerprint density at radius 2 is 1.61 bits per heavy atom. The SMILES string of the molecule is O=S(=O)(Cc1cccc(Br)c1)NCc1ccc2ccccc2c1. The fourth-order valence-electron chi connectivity index (χ4n) is 2.44. The van der Waals surface area contributed by atoms with E-state index in [2.05, 4.69) is 20.7 Å². The van der Waals surface area contributed by atoms with Gasteiger partial charge in [0.05, 0.1) is 5.75 Å². The van der Waals surface area contributed by atoms with Crippen molar-refractivity contribution < 1.29 is 8.42 Å². The Labute approximate surface area is 144 Å². The summed E-state index contributed by atoms with van der Waals surface area (Å²) in [6, 6.07) is 21.3. The molecule has 3 aromatic rings. The van der Waals surface area contributed by atoms with Gasteiger partial charge in [0.2, 0.25) is 10.0 Å². The molecule has 0 spiro atoms. The molecule has 0 unspecified atom stereocenters. The summed E-state index contributed by atoms with van der Waals surface area (Å²) in [7, 11) is -3.37. The van der Waals surface area contributed by atoms with Gasteiger partial charge in [0.1, 0.15) is 0 Å². The quantitative estimate of drug-likeness (QED) is 0.709. The predicted molar refractivity (Wildman–Crippen MR) is 97.6 cm³/mol. The van der Waals surface area contributed by atoms with Crippen molar-refractivity contribution in [2.45, 2.75) is 12.3 Å². The molecule has 0 atom stereocenters. The molecule has 0 aromatic heterocycles. The highest BCUT2D eigenvalue weighted by atomic mass is 79.9. The van der Waals surface area contributed by atoms with Crippen LogP contribution in [0, 0.1) is 0 Å². The summed E-state index contributed by atoms with van der Waals surface area (Å²) in [5, 5.41) is 2.25. The van der Waals surface area contributed by atoms with Crippen LogP contribution in [0.1, 0.15) is 11.1 Å². The van der Waals surface area contributed by atoms with Gasteiger partial charge in [-0.05, 0) is 40.1 Å². The number of halogens is 1. The van der Waals surface area contributed by atoms with Gasteiger partial charge in [0, 0.05) is 11.0 Å². The summed E-state index contributed by atoms with van der Waals surface area (Å²) in [6.07, 6.45) is 0. The molecule has 0 heterocycles. The molecular formula is C18H16BrNO2S. The minimum Gasteiger partial charge on any atom is -0.212 e. The second kappa shape index (κ2) is 6.83. The van der Waals surface area contributed by atoms with Gasteiger partial charge in [-0.1, -0.05) is 64.5 Å². The topological polar surface area (TPSA) is 46.2 Å².